The average molecular weight is 584 g/mol. The van der Waals surface area contributed by atoms with Gasteiger partial charge >= 0.3 is 0 Å². The Morgan fingerprint density at radius 3 is 1.58 bits per heavy atom. The van der Waals surface area contributed by atoms with E-state index in [1.165, 1.54) is 43.7 Å². The van der Waals surface area contributed by atoms with E-state index < -0.39 is 0 Å². The Hall–Kier alpha value is -5.02. The van der Waals surface area contributed by atoms with Crippen LogP contribution in [-0.4, -0.2) is 14.5 Å². The first-order chi connectivity index (χ1) is 21.6. The highest BCUT2D eigenvalue weighted by Gasteiger charge is 2.21. The van der Waals surface area contributed by atoms with Gasteiger partial charge in [0.25, 0.3) is 0 Å². The van der Waals surface area contributed by atoms with Crippen LogP contribution in [0.1, 0.15) is 52.7 Å². The zero-order valence-electron chi connectivity index (χ0n) is 26.8. The first-order valence-electron chi connectivity index (χ1n) is 15.8. The average Bonchev–Trinajstić information content (AvgIpc) is 3.37. The molecule has 0 atom stereocenters. The van der Waals surface area contributed by atoms with Crippen LogP contribution in [0.25, 0.3) is 71.3 Å². The van der Waals surface area contributed by atoms with E-state index in [-0.39, 0.29) is 10.8 Å². The molecule has 0 aliphatic rings. The van der Waals surface area contributed by atoms with Crippen molar-refractivity contribution in [3.05, 3.63) is 127 Å². The van der Waals surface area contributed by atoms with Gasteiger partial charge in [-0.25, -0.2) is 4.98 Å². The summed E-state index contributed by atoms with van der Waals surface area (Å²) in [5.74, 6) is 0. The fourth-order valence-corrected chi connectivity index (χ4v) is 6.80. The van der Waals surface area contributed by atoms with Crippen LogP contribution in [0.15, 0.2) is 115 Å². The topological polar surface area (TPSA) is 30.7 Å². The second kappa shape index (κ2) is 9.74. The van der Waals surface area contributed by atoms with E-state index in [2.05, 4.69) is 155 Å². The van der Waals surface area contributed by atoms with E-state index in [4.69, 9.17) is 9.97 Å². The molecule has 3 nitrogen and oxygen atoms in total. The monoisotopic (exact) mass is 583 g/mol. The van der Waals surface area contributed by atoms with E-state index >= 15 is 0 Å². The number of aromatic nitrogens is 3. The molecule has 0 saturated heterocycles. The largest absolute Gasteiger partial charge is 0.309 e. The Kier molecular flexibility index (Phi) is 5.96. The molecule has 0 unspecified atom stereocenters. The lowest BCUT2D eigenvalue weighted by Crippen LogP contribution is -2.10. The number of hydrogen-bond acceptors (Lipinski definition) is 2. The highest BCUT2D eigenvalue weighted by Crippen LogP contribution is 2.39. The SMILES string of the molecule is CC(C)(C)c1ccc2c(c1)c1cc(C(C)(C)C)ccc1n2-c1cccc(-c2cnc3c4ccccc4c4ccccc4c3n2)c1. The fraction of sp³-hybridized carbons (Fsp3) is 0.190. The molecule has 45 heavy (non-hydrogen) atoms. The summed E-state index contributed by atoms with van der Waals surface area (Å²) in [6, 6.07) is 39.7. The molecule has 8 aromatic rings. The predicted molar refractivity (Wildman–Crippen MR) is 192 cm³/mol. The number of benzene rings is 6. The highest BCUT2D eigenvalue weighted by molar-refractivity contribution is 6.23. The van der Waals surface area contributed by atoms with E-state index in [1.54, 1.807) is 0 Å². The van der Waals surface area contributed by atoms with Gasteiger partial charge in [0.1, 0.15) is 0 Å². The van der Waals surface area contributed by atoms with Gasteiger partial charge in [-0.2, -0.15) is 0 Å². The van der Waals surface area contributed by atoms with Crippen molar-refractivity contribution in [3.63, 3.8) is 0 Å². The lowest BCUT2D eigenvalue weighted by Gasteiger charge is -2.19. The molecular weight excluding hydrogens is 546 g/mol. The quantitative estimate of drug-likeness (QED) is 0.190. The molecule has 0 bridgehead atoms. The Morgan fingerprint density at radius 2 is 1.02 bits per heavy atom. The summed E-state index contributed by atoms with van der Waals surface area (Å²) in [5, 5.41) is 7.25. The van der Waals surface area contributed by atoms with Crippen LogP contribution in [-0.2, 0) is 10.8 Å². The minimum Gasteiger partial charge on any atom is -0.309 e. The third-order valence-electron chi connectivity index (χ3n) is 9.32. The van der Waals surface area contributed by atoms with Gasteiger partial charge in [-0.05, 0) is 69.1 Å². The zero-order valence-corrected chi connectivity index (χ0v) is 26.8. The lowest BCUT2D eigenvalue weighted by atomic mass is 9.85. The first-order valence-corrected chi connectivity index (χ1v) is 15.8. The van der Waals surface area contributed by atoms with E-state index in [0.717, 1.165) is 38.8 Å². The molecule has 3 heteroatoms. The Morgan fingerprint density at radius 1 is 0.489 bits per heavy atom. The maximum Gasteiger partial charge on any atom is 0.0979 e. The van der Waals surface area contributed by atoms with Gasteiger partial charge in [-0.1, -0.05) is 114 Å². The molecule has 0 aliphatic carbocycles. The Labute approximate surface area is 264 Å². The van der Waals surface area contributed by atoms with Crippen LogP contribution in [0.4, 0.5) is 0 Å². The van der Waals surface area contributed by atoms with E-state index in [0.29, 0.717) is 0 Å². The second-order valence-corrected chi connectivity index (χ2v) is 14.4. The predicted octanol–water partition coefficient (Wildman–Crippen LogP) is 11.3. The molecule has 0 N–H and O–H groups in total. The van der Waals surface area contributed by atoms with Crippen molar-refractivity contribution in [3.8, 4) is 16.9 Å². The third kappa shape index (κ3) is 4.41. The van der Waals surface area contributed by atoms with E-state index in [1.807, 2.05) is 6.20 Å². The standard InChI is InChI=1S/C42H37N3/c1-41(2,3)27-18-20-37-34(23-27)35-24-28(42(4,5)6)19-21-38(35)45(37)29-13-11-12-26(22-29)36-25-43-39-32-16-9-7-14-30(32)31-15-8-10-17-33(31)40(39)44-36/h7-25H,1-6H3. The van der Waals surface area contributed by atoms with Gasteiger partial charge in [0.15, 0.2) is 0 Å². The van der Waals surface area contributed by atoms with Gasteiger partial charge in [-0.15, -0.1) is 0 Å². The van der Waals surface area contributed by atoms with Crippen molar-refractivity contribution in [2.24, 2.45) is 0 Å². The maximum atomic E-state index is 5.28. The molecule has 0 saturated carbocycles. The van der Waals surface area contributed by atoms with Crippen LogP contribution in [0, 0.1) is 0 Å². The molecule has 0 aliphatic heterocycles. The lowest BCUT2D eigenvalue weighted by molar-refractivity contribution is 0.590. The Bertz CT molecular complexity index is 2340. The van der Waals surface area contributed by atoms with Gasteiger partial charge in [0.05, 0.1) is 34.0 Å². The zero-order chi connectivity index (χ0) is 31.1. The summed E-state index contributed by atoms with van der Waals surface area (Å²) >= 11 is 0. The van der Waals surface area contributed by atoms with Crippen molar-refractivity contribution in [1.29, 1.82) is 0 Å². The molecule has 2 heterocycles. The number of rotatable bonds is 2. The molecule has 8 rings (SSSR count). The number of nitrogens with zero attached hydrogens (tertiary/aromatic N) is 3. The van der Waals surface area contributed by atoms with E-state index in [9.17, 15) is 0 Å². The van der Waals surface area contributed by atoms with Crippen LogP contribution in [0.5, 0.6) is 0 Å². The van der Waals surface area contributed by atoms with Gasteiger partial charge < -0.3 is 4.57 Å². The number of fused-ring (bicyclic) bond motifs is 9. The molecule has 2 aromatic heterocycles. The Balaban J connectivity index is 1.35. The minimum absolute atomic E-state index is 0.0639. The smallest absolute Gasteiger partial charge is 0.0979 e. The van der Waals surface area contributed by atoms with Crippen molar-refractivity contribution in [2.75, 3.05) is 0 Å². The maximum absolute atomic E-state index is 5.28. The molecular formula is C42H37N3. The summed E-state index contributed by atoms with van der Waals surface area (Å²) in [5.41, 5.74) is 10.1. The van der Waals surface area contributed by atoms with Crippen molar-refractivity contribution in [2.45, 2.75) is 52.4 Å². The summed E-state index contributed by atoms with van der Waals surface area (Å²) in [4.78, 5) is 10.3. The summed E-state index contributed by atoms with van der Waals surface area (Å²) in [6.07, 6.45) is 1.93. The van der Waals surface area contributed by atoms with Crippen LogP contribution < -0.4 is 0 Å². The third-order valence-corrected chi connectivity index (χ3v) is 9.32. The van der Waals surface area contributed by atoms with Crippen LogP contribution in [0.3, 0.4) is 0 Å². The molecule has 0 spiro atoms. The van der Waals surface area contributed by atoms with Gasteiger partial charge in [0, 0.05) is 32.8 Å². The van der Waals surface area contributed by atoms with Crippen molar-refractivity contribution < 1.29 is 0 Å². The van der Waals surface area contributed by atoms with Crippen LogP contribution in [0.2, 0.25) is 0 Å². The second-order valence-electron chi connectivity index (χ2n) is 14.4. The number of hydrogen-bond donors (Lipinski definition) is 0. The molecule has 220 valence electrons. The normalized spacial score (nSPS) is 12.7. The fourth-order valence-electron chi connectivity index (χ4n) is 6.80. The highest BCUT2D eigenvalue weighted by atomic mass is 15.0. The summed E-state index contributed by atoms with van der Waals surface area (Å²) in [7, 11) is 0. The molecule has 0 fully saturated rings. The van der Waals surface area contributed by atoms with Gasteiger partial charge in [0.2, 0.25) is 0 Å². The molecule has 0 amide bonds. The summed E-state index contributed by atoms with van der Waals surface area (Å²) in [6.45, 7) is 13.7. The molecule has 6 aromatic carbocycles. The van der Waals surface area contributed by atoms with Gasteiger partial charge in [-0.3, -0.25) is 4.98 Å². The first kappa shape index (κ1) is 27.5. The van der Waals surface area contributed by atoms with Crippen LogP contribution >= 0.6 is 0 Å². The summed E-state index contributed by atoms with van der Waals surface area (Å²) < 4.78 is 2.41. The van der Waals surface area contributed by atoms with Crippen molar-refractivity contribution >= 4 is 54.4 Å². The van der Waals surface area contributed by atoms with Crippen molar-refractivity contribution in [1.82, 2.24) is 14.5 Å². The molecule has 0 radical (unpaired) electrons. The minimum atomic E-state index is 0.0639.